The fourth-order valence-corrected chi connectivity index (χ4v) is 3.15. The van der Waals surface area contributed by atoms with Crippen LogP contribution < -0.4 is 14.2 Å². The Morgan fingerprint density at radius 3 is 3.12 bits per heavy atom. The molecule has 126 valence electrons. The maximum absolute atomic E-state index is 12.4. The molecule has 0 radical (unpaired) electrons. The highest BCUT2D eigenvalue weighted by Gasteiger charge is 2.25. The summed E-state index contributed by atoms with van der Waals surface area (Å²) < 4.78 is 16.2. The van der Waals surface area contributed by atoms with Gasteiger partial charge in [0.1, 0.15) is 5.75 Å². The lowest BCUT2D eigenvalue weighted by Crippen LogP contribution is -2.41. The standard InChI is InChI=1S/C17H19N3O4/c21-17(10-22-13-3-4-15-16(8-13)24-11-23-15)20-7-1-2-12(9-20)14-5-6-18-19-14/h3-6,8,12H,1-2,7,9-11H2,(H,18,19). The molecule has 7 heteroatoms. The second-order valence-corrected chi connectivity index (χ2v) is 5.99. The summed E-state index contributed by atoms with van der Waals surface area (Å²) in [6, 6.07) is 7.29. The minimum atomic E-state index is -0.00289. The number of likely N-dealkylation sites (tertiary alicyclic amines) is 1. The summed E-state index contributed by atoms with van der Waals surface area (Å²) in [6.07, 6.45) is 3.80. The molecule has 0 spiro atoms. The number of carbonyl (C=O) groups is 1. The van der Waals surface area contributed by atoms with Gasteiger partial charge in [0.05, 0.1) is 0 Å². The van der Waals surface area contributed by atoms with E-state index in [1.807, 2.05) is 11.0 Å². The molecule has 1 atom stereocenters. The second-order valence-electron chi connectivity index (χ2n) is 5.99. The van der Waals surface area contributed by atoms with Crippen LogP contribution in [0.5, 0.6) is 17.2 Å². The van der Waals surface area contributed by atoms with Crippen molar-refractivity contribution in [3.63, 3.8) is 0 Å². The van der Waals surface area contributed by atoms with Crippen LogP contribution in [0.25, 0.3) is 0 Å². The largest absolute Gasteiger partial charge is 0.484 e. The number of fused-ring (bicyclic) bond motifs is 1. The molecule has 1 saturated heterocycles. The van der Waals surface area contributed by atoms with Crippen LogP contribution in [-0.4, -0.2) is 47.5 Å². The lowest BCUT2D eigenvalue weighted by Gasteiger charge is -2.32. The third kappa shape index (κ3) is 3.02. The van der Waals surface area contributed by atoms with Crippen LogP contribution in [0.4, 0.5) is 0 Å². The molecule has 1 fully saturated rings. The highest BCUT2D eigenvalue weighted by atomic mass is 16.7. The van der Waals surface area contributed by atoms with Crippen molar-refractivity contribution in [1.29, 1.82) is 0 Å². The average Bonchev–Trinajstić information content (AvgIpc) is 3.30. The Hall–Kier alpha value is -2.70. The molecular weight excluding hydrogens is 310 g/mol. The Balaban J connectivity index is 1.34. The molecule has 2 aromatic rings. The molecule has 1 unspecified atom stereocenters. The first kappa shape index (κ1) is 14.9. The number of hydrogen-bond acceptors (Lipinski definition) is 5. The summed E-state index contributed by atoms with van der Waals surface area (Å²) in [5.74, 6) is 2.27. The van der Waals surface area contributed by atoms with Crippen molar-refractivity contribution in [2.45, 2.75) is 18.8 Å². The van der Waals surface area contributed by atoms with Crippen LogP contribution in [0.3, 0.4) is 0 Å². The Labute approximate surface area is 139 Å². The van der Waals surface area contributed by atoms with E-state index in [-0.39, 0.29) is 19.3 Å². The van der Waals surface area contributed by atoms with Gasteiger partial charge >= 0.3 is 0 Å². The van der Waals surface area contributed by atoms with Crippen molar-refractivity contribution in [1.82, 2.24) is 15.1 Å². The number of nitrogens with one attached hydrogen (secondary N) is 1. The Morgan fingerprint density at radius 1 is 1.33 bits per heavy atom. The van der Waals surface area contributed by atoms with Gasteiger partial charge in [-0.25, -0.2) is 0 Å². The number of H-pyrrole nitrogens is 1. The van der Waals surface area contributed by atoms with Gasteiger partial charge in [-0.15, -0.1) is 0 Å². The van der Waals surface area contributed by atoms with E-state index < -0.39 is 0 Å². The molecule has 24 heavy (non-hydrogen) atoms. The molecule has 0 saturated carbocycles. The molecular formula is C17H19N3O4. The van der Waals surface area contributed by atoms with Gasteiger partial charge in [0.2, 0.25) is 6.79 Å². The Kier molecular flexibility index (Phi) is 3.98. The van der Waals surface area contributed by atoms with E-state index in [1.165, 1.54) is 0 Å². The van der Waals surface area contributed by atoms with E-state index in [4.69, 9.17) is 14.2 Å². The first-order chi connectivity index (χ1) is 11.8. The van der Waals surface area contributed by atoms with E-state index in [1.54, 1.807) is 24.4 Å². The molecule has 1 aromatic heterocycles. The maximum Gasteiger partial charge on any atom is 0.260 e. The molecule has 3 heterocycles. The van der Waals surface area contributed by atoms with Gasteiger partial charge in [-0.3, -0.25) is 9.89 Å². The predicted molar refractivity (Wildman–Crippen MR) is 85.2 cm³/mol. The van der Waals surface area contributed by atoms with Crippen LogP contribution in [0.2, 0.25) is 0 Å². The number of aromatic amines is 1. The number of ether oxygens (including phenoxy) is 3. The maximum atomic E-state index is 12.4. The summed E-state index contributed by atoms with van der Waals surface area (Å²) in [5.41, 5.74) is 1.09. The predicted octanol–water partition coefficient (Wildman–Crippen LogP) is 1.92. The van der Waals surface area contributed by atoms with Gasteiger partial charge in [-0.2, -0.15) is 5.10 Å². The number of rotatable bonds is 4. The molecule has 1 N–H and O–H groups in total. The molecule has 2 aliphatic heterocycles. The van der Waals surface area contributed by atoms with Gasteiger partial charge in [0, 0.05) is 37.0 Å². The van der Waals surface area contributed by atoms with Gasteiger partial charge < -0.3 is 19.1 Å². The minimum Gasteiger partial charge on any atom is -0.484 e. The van der Waals surface area contributed by atoms with Crippen molar-refractivity contribution in [2.75, 3.05) is 26.5 Å². The lowest BCUT2D eigenvalue weighted by molar-refractivity contribution is -0.134. The van der Waals surface area contributed by atoms with Crippen LogP contribution in [-0.2, 0) is 4.79 Å². The molecule has 1 aromatic carbocycles. The number of carbonyl (C=O) groups excluding carboxylic acids is 1. The Bertz CT molecular complexity index is 717. The van der Waals surface area contributed by atoms with Gasteiger partial charge in [-0.1, -0.05) is 0 Å². The van der Waals surface area contributed by atoms with Crippen LogP contribution in [0.1, 0.15) is 24.5 Å². The van der Waals surface area contributed by atoms with Crippen LogP contribution in [0.15, 0.2) is 30.5 Å². The fourth-order valence-electron chi connectivity index (χ4n) is 3.15. The summed E-state index contributed by atoms with van der Waals surface area (Å²) in [6.45, 7) is 1.72. The third-order valence-electron chi connectivity index (χ3n) is 4.44. The van der Waals surface area contributed by atoms with Gasteiger partial charge in [-0.05, 0) is 31.0 Å². The molecule has 0 bridgehead atoms. The molecule has 1 amide bonds. The minimum absolute atomic E-state index is 0.00289. The van der Waals surface area contributed by atoms with Crippen molar-refractivity contribution < 1.29 is 19.0 Å². The van der Waals surface area contributed by atoms with Crippen LogP contribution in [0, 0.1) is 0 Å². The zero-order chi connectivity index (χ0) is 16.4. The zero-order valence-electron chi connectivity index (χ0n) is 13.2. The van der Waals surface area contributed by atoms with Crippen molar-refractivity contribution >= 4 is 5.91 Å². The van der Waals surface area contributed by atoms with Crippen molar-refractivity contribution in [2.24, 2.45) is 0 Å². The summed E-state index contributed by atoms with van der Waals surface area (Å²) in [4.78, 5) is 14.3. The zero-order valence-corrected chi connectivity index (χ0v) is 13.2. The quantitative estimate of drug-likeness (QED) is 0.927. The first-order valence-corrected chi connectivity index (χ1v) is 8.09. The molecule has 4 rings (SSSR count). The third-order valence-corrected chi connectivity index (χ3v) is 4.44. The smallest absolute Gasteiger partial charge is 0.260 e. The van der Waals surface area contributed by atoms with Crippen LogP contribution >= 0.6 is 0 Å². The summed E-state index contributed by atoms with van der Waals surface area (Å²) >= 11 is 0. The molecule has 7 nitrogen and oxygen atoms in total. The highest BCUT2D eigenvalue weighted by Crippen LogP contribution is 2.35. The van der Waals surface area contributed by atoms with Crippen molar-refractivity contribution in [3.8, 4) is 17.2 Å². The second kappa shape index (κ2) is 6.43. The van der Waals surface area contributed by atoms with Gasteiger partial charge in [0.15, 0.2) is 18.1 Å². The number of benzene rings is 1. The number of piperidine rings is 1. The lowest BCUT2D eigenvalue weighted by atomic mass is 9.95. The number of nitrogens with zero attached hydrogens (tertiary/aromatic N) is 2. The first-order valence-electron chi connectivity index (χ1n) is 8.09. The topological polar surface area (TPSA) is 76.7 Å². The Morgan fingerprint density at radius 2 is 2.25 bits per heavy atom. The normalized spacial score (nSPS) is 19.3. The van der Waals surface area contributed by atoms with E-state index >= 15 is 0 Å². The van der Waals surface area contributed by atoms with Gasteiger partial charge in [0.25, 0.3) is 5.91 Å². The van der Waals surface area contributed by atoms with Crippen molar-refractivity contribution in [3.05, 3.63) is 36.2 Å². The molecule has 2 aliphatic rings. The van der Waals surface area contributed by atoms with E-state index in [9.17, 15) is 4.79 Å². The van der Waals surface area contributed by atoms with E-state index in [0.29, 0.717) is 29.7 Å². The summed E-state index contributed by atoms with van der Waals surface area (Å²) in [5, 5.41) is 7.00. The number of amides is 1. The summed E-state index contributed by atoms with van der Waals surface area (Å²) in [7, 11) is 0. The highest BCUT2D eigenvalue weighted by molar-refractivity contribution is 5.78. The number of aromatic nitrogens is 2. The fraction of sp³-hybridized carbons (Fsp3) is 0.412. The van der Waals surface area contributed by atoms with E-state index in [2.05, 4.69) is 10.2 Å². The SMILES string of the molecule is O=C(COc1ccc2c(c1)OCO2)N1CCCC(c2ccn[nH]2)C1. The molecule has 0 aliphatic carbocycles. The monoisotopic (exact) mass is 329 g/mol. The van der Waals surface area contributed by atoms with E-state index in [0.717, 1.165) is 25.1 Å². The average molecular weight is 329 g/mol. The number of hydrogen-bond donors (Lipinski definition) is 1.